The van der Waals surface area contributed by atoms with Crippen molar-refractivity contribution >= 4 is 46.1 Å². The molecule has 2 amide bonds. The van der Waals surface area contributed by atoms with E-state index in [9.17, 15) is 14.0 Å². The van der Waals surface area contributed by atoms with Crippen molar-refractivity contribution in [2.24, 2.45) is 0 Å². The third-order valence-electron chi connectivity index (χ3n) is 5.94. The number of thiophene rings is 1. The minimum atomic E-state index is -0.484. The normalized spacial score (nSPS) is 12.5. The number of hydrogen-bond acceptors (Lipinski definition) is 3. The van der Waals surface area contributed by atoms with Crippen LogP contribution in [0, 0.1) is 12.7 Å². The van der Waals surface area contributed by atoms with Crippen LogP contribution in [0.4, 0.5) is 15.8 Å². The van der Waals surface area contributed by atoms with E-state index in [1.165, 1.54) is 22.6 Å². The summed E-state index contributed by atoms with van der Waals surface area (Å²) in [6.07, 6.45) is 0.748. The molecule has 1 aliphatic rings. The number of rotatable bonds is 3. The average Bonchev–Trinajstić information content (AvgIpc) is 3.23. The van der Waals surface area contributed by atoms with Gasteiger partial charge in [-0.25, -0.2) is 4.39 Å². The number of anilines is 2. The van der Waals surface area contributed by atoms with Gasteiger partial charge in [0, 0.05) is 28.2 Å². The summed E-state index contributed by atoms with van der Waals surface area (Å²) in [4.78, 5) is 29.1. The minimum Gasteiger partial charge on any atom is -0.322 e. The van der Waals surface area contributed by atoms with Crippen LogP contribution < -0.4 is 10.2 Å². The van der Waals surface area contributed by atoms with Crippen LogP contribution >= 0.6 is 22.9 Å². The summed E-state index contributed by atoms with van der Waals surface area (Å²) in [5.41, 5.74) is 4.78. The molecule has 0 radical (unpaired) electrons. The van der Waals surface area contributed by atoms with Crippen molar-refractivity contribution in [1.29, 1.82) is 0 Å². The zero-order valence-electron chi connectivity index (χ0n) is 18.3. The number of fused-ring (bicyclic) bond motifs is 3. The van der Waals surface area contributed by atoms with Crippen LogP contribution in [0.1, 0.15) is 31.8 Å². The third kappa shape index (κ3) is 4.11. The van der Waals surface area contributed by atoms with Crippen molar-refractivity contribution in [3.05, 3.63) is 105 Å². The summed E-state index contributed by atoms with van der Waals surface area (Å²) in [5.74, 6) is -1.13. The molecule has 170 valence electrons. The Balaban J connectivity index is 1.42. The van der Waals surface area contributed by atoms with Crippen LogP contribution in [-0.2, 0) is 6.42 Å². The fourth-order valence-electron chi connectivity index (χ4n) is 4.18. The molecule has 4 aromatic rings. The Hall–Kier alpha value is -3.48. The van der Waals surface area contributed by atoms with E-state index in [1.807, 2.05) is 24.3 Å². The van der Waals surface area contributed by atoms with Gasteiger partial charge in [-0.1, -0.05) is 35.9 Å². The smallest absolute Gasteiger partial charge is 0.259 e. The van der Waals surface area contributed by atoms with E-state index in [-0.39, 0.29) is 16.5 Å². The molecule has 0 fully saturated rings. The first-order chi connectivity index (χ1) is 16.4. The molecular formula is C27H20ClFN2O2S. The lowest BCUT2D eigenvalue weighted by atomic mass is 10.1. The summed E-state index contributed by atoms with van der Waals surface area (Å²) in [5, 5.41) is 5.04. The first kappa shape index (κ1) is 22.3. The van der Waals surface area contributed by atoms with Gasteiger partial charge in [0.2, 0.25) is 0 Å². The Morgan fingerprint density at radius 3 is 2.68 bits per heavy atom. The fourth-order valence-corrected chi connectivity index (χ4v) is 5.43. The molecule has 0 atom stereocenters. The highest BCUT2D eigenvalue weighted by Crippen LogP contribution is 2.40. The van der Waals surface area contributed by atoms with Crippen molar-refractivity contribution in [1.82, 2.24) is 0 Å². The molecule has 1 aromatic heterocycles. The highest BCUT2D eigenvalue weighted by atomic mass is 35.5. The number of nitrogens with one attached hydrogen (secondary N) is 1. The maximum atomic E-state index is 13.6. The number of hydrogen-bond donors (Lipinski definition) is 1. The summed E-state index contributed by atoms with van der Waals surface area (Å²) in [7, 11) is 0. The van der Waals surface area contributed by atoms with E-state index < -0.39 is 11.7 Å². The number of carbonyl (C=O) groups is 2. The molecule has 0 spiro atoms. The maximum Gasteiger partial charge on any atom is 0.259 e. The second-order valence-electron chi connectivity index (χ2n) is 8.11. The van der Waals surface area contributed by atoms with E-state index in [4.69, 9.17) is 11.6 Å². The molecule has 0 bridgehead atoms. The fraction of sp³-hybridized carbons (Fsp3) is 0.111. The Morgan fingerprint density at radius 2 is 1.85 bits per heavy atom. The lowest BCUT2D eigenvalue weighted by molar-refractivity contribution is 0.0986. The number of carbonyl (C=O) groups excluding carboxylic acids is 2. The van der Waals surface area contributed by atoms with Gasteiger partial charge in [-0.2, -0.15) is 0 Å². The number of halogens is 2. The Bertz CT molecular complexity index is 1430. The van der Waals surface area contributed by atoms with Crippen molar-refractivity contribution in [2.45, 2.75) is 13.3 Å². The zero-order chi connectivity index (χ0) is 23.8. The van der Waals surface area contributed by atoms with Gasteiger partial charge in [0.05, 0.1) is 16.3 Å². The second kappa shape index (κ2) is 9.05. The molecule has 0 saturated heterocycles. The van der Waals surface area contributed by atoms with Crippen LogP contribution in [0.25, 0.3) is 10.4 Å². The first-order valence-corrected chi connectivity index (χ1v) is 12.0. The first-order valence-electron chi connectivity index (χ1n) is 10.8. The van der Waals surface area contributed by atoms with Crippen molar-refractivity contribution in [2.75, 3.05) is 16.8 Å². The molecule has 34 heavy (non-hydrogen) atoms. The van der Waals surface area contributed by atoms with Crippen LogP contribution in [0.2, 0.25) is 5.02 Å². The molecule has 0 unspecified atom stereocenters. The Morgan fingerprint density at radius 1 is 1.03 bits per heavy atom. The second-order valence-corrected chi connectivity index (χ2v) is 9.43. The number of para-hydroxylation sites is 1. The molecule has 4 nitrogen and oxygen atoms in total. The third-order valence-corrected chi connectivity index (χ3v) is 7.24. The van der Waals surface area contributed by atoms with E-state index in [2.05, 4.69) is 16.8 Å². The zero-order valence-corrected chi connectivity index (χ0v) is 19.8. The van der Waals surface area contributed by atoms with E-state index in [1.54, 1.807) is 47.4 Å². The predicted octanol–water partition coefficient (Wildman–Crippen LogP) is 6.97. The molecule has 1 aliphatic heterocycles. The number of nitrogens with zero attached hydrogens (tertiary/aromatic N) is 1. The average molecular weight is 491 g/mol. The SMILES string of the molecule is Cc1ccc(F)cc1C(=O)Nc1ccc(C(=O)N2CCc3ccsc3-c3ccccc32)c(Cl)c1. The minimum absolute atomic E-state index is 0.202. The molecular weight excluding hydrogens is 471 g/mol. The summed E-state index contributed by atoms with van der Waals surface area (Å²) >= 11 is 8.18. The monoisotopic (exact) mass is 490 g/mol. The predicted molar refractivity (Wildman–Crippen MR) is 136 cm³/mol. The lowest BCUT2D eigenvalue weighted by Gasteiger charge is -2.23. The maximum absolute atomic E-state index is 13.6. The number of aryl methyl sites for hydroxylation is 1. The highest BCUT2D eigenvalue weighted by molar-refractivity contribution is 7.13. The van der Waals surface area contributed by atoms with Crippen LogP contribution in [0.15, 0.2) is 72.1 Å². The van der Waals surface area contributed by atoms with Crippen LogP contribution in [0.5, 0.6) is 0 Å². The standard InChI is InChI=1S/C27H20ClFN2O2S/c1-16-6-7-18(29)14-22(16)26(32)30-19-8-9-20(23(28)15-19)27(33)31-12-10-17-11-13-34-25(17)21-4-2-3-5-24(21)31/h2-9,11,13-15H,10,12H2,1H3,(H,30,32). The highest BCUT2D eigenvalue weighted by Gasteiger charge is 2.27. The summed E-state index contributed by atoms with van der Waals surface area (Å²) < 4.78 is 13.6. The number of amides is 2. The molecule has 0 saturated carbocycles. The van der Waals surface area contributed by atoms with Crippen molar-refractivity contribution in [3.8, 4) is 10.4 Å². The molecule has 7 heteroatoms. The summed E-state index contributed by atoms with van der Waals surface area (Å²) in [6, 6.07) is 18.8. The molecule has 0 aliphatic carbocycles. The van der Waals surface area contributed by atoms with Crippen molar-refractivity contribution in [3.63, 3.8) is 0 Å². The van der Waals surface area contributed by atoms with E-state index >= 15 is 0 Å². The van der Waals surface area contributed by atoms with Gasteiger partial charge in [0.1, 0.15) is 5.82 Å². The topological polar surface area (TPSA) is 49.4 Å². The van der Waals surface area contributed by atoms with E-state index in [0.717, 1.165) is 17.7 Å². The number of benzene rings is 3. The van der Waals surface area contributed by atoms with Gasteiger partial charge >= 0.3 is 0 Å². The van der Waals surface area contributed by atoms with Gasteiger partial charge in [0.25, 0.3) is 11.8 Å². The van der Waals surface area contributed by atoms with Crippen LogP contribution in [0.3, 0.4) is 0 Å². The van der Waals surface area contributed by atoms with Gasteiger partial charge in [0.15, 0.2) is 0 Å². The molecule has 3 aromatic carbocycles. The van der Waals surface area contributed by atoms with Crippen LogP contribution in [-0.4, -0.2) is 18.4 Å². The molecule has 2 heterocycles. The van der Waals surface area contributed by atoms with Gasteiger partial charge in [-0.3, -0.25) is 9.59 Å². The quantitative estimate of drug-likeness (QED) is 0.337. The van der Waals surface area contributed by atoms with Gasteiger partial charge in [-0.15, -0.1) is 11.3 Å². The van der Waals surface area contributed by atoms with E-state index in [0.29, 0.717) is 23.4 Å². The largest absolute Gasteiger partial charge is 0.322 e. The Kier molecular flexibility index (Phi) is 5.94. The lowest BCUT2D eigenvalue weighted by Crippen LogP contribution is -2.32. The van der Waals surface area contributed by atoms with Gasteiger partial charge < -0.3 is 10.2 Å². The van der Waals surface area contributed by atoms with Gasteiger partial charge in [-0.05, 0) is 72.3 Å². The molecule has 1 N–H and O–H groups in total. The summed E-state index contributed by atoms with van der Waals surface area (Å²) in [6.45, 7) is 2.27. The molecule has 5 rings (SSSR count). The Labute approximate surface area is 205 Å². The van der Waals surface area contributed by atoms with Crippen molar-refractivity contribution < 1.29 is 14.0 Å².